The van der Waals surface area contributed by atoms with E-state index in [-0.39, 0.29) is 6.10 Å². The number of aliphatic hydroxyl groups excluding tert-OH is 1. The number of pyridine rings is 1. The molecule has 2 heterocycles. The summed E-state index contributed by atoms with van der Waals surface area (Å²) in [6, 6.07) is 4.12. The molecule has 1 N–H and O–H groups in total. The molecule has 0 bridgehead atoms. The fraction of sp³-hybridized carbons (Fsp3) is 0.758. The number of carbonyl (C=O) groups is 1. The molecule has 1 amide bonds. The van der Waals surface area contributed by atoms with Gasteiger partial charge in [0.2, 0.25) is 5.91 Å². The van der Waals surface area contributed by atoms with Crippen molar-refractivity contribution in [3.8, 4) is 0 Å². The Morgan fingerprint density at radius 2 is 1.82 bits per heavy atom. The highest BCUT2D eigenvalue weighted by molar-refractivity contribution is 5.76. The molecule has 6 rings (SSSR count). The highest BCUT2D eigenvalue weighted by Crippen LogP contribution is 2.67. The third-order valence-electron chi connectivity index (χ3n) is 12.3. The number of amides is 1. The van der Waals surface area contributed by atoms with Crippen LogP contribution in [-0.2, 0) is 4.79 Å². The third kappa shape index (κ3) is 4.51. The summed E-state index contributed by atoms with van der Waals surface area (Å²) in [7, 11) is 0. The van der Waals surface area contributed by atoms with E-state index in [1.165, 1.54) is 44.2 Å². The van der Waals surface area contributed by atoms with E-state index in [2.05, 4.69) is 53.8 Å². The average molecular weight is 520 g/mol. The van der Waals surface area contributed by atoms with Gasteiger partial charge in [-0.3, -0.25) is 9.78 Å². The molecule has 4 aliphatic carbocycles. The van der Waals surface area contributed by atoms with Gasteiger partial charge in [-0.05, 0) is 110 Å². The predicted octanol–water partition coefficient (Wildman–Crippen LogP) is 6.09. The number of aliphatic hydroxyl groups is 1. The Morgan fingerprint density at radius 1 is 1.05 bits per heavy atom. The van der Waals surface area contributed by atoms with Gasteiger partial charge in [0.15, 0.2) is 0 Å². The van der Waals surface area contributed by atoms with Gasteiger partial charge in [-0.1, -0.05) is 32.4 Å². The van der Waals surface area contributed by atoms with Gasteiger partial charge in [-0.2, -0.15) is 0 Å². The average Bonchev–Trinajstić information content (AvgIpc) is 3.30. The van der Waals surface area contributed by atoms with Gasteiger partial charge in [-0.25, -0.2) is 0 Å². The van der Waals surface area contributed by atoms with Gasteiger partial charge in [0.1, 0.15) is 0 Å². The number of aromatic nitrogens is 1. The largest absolute Gasteiger partial charge is 0.393 e. The smallest absolute Gasteiger partial charge is 0.222 e. The first-order chi connectivity index (χ1) is 18.3. The molecule has 5 aliphatic rings. The van der Waals surface area contributed by atoms with E-state index in [1.807, 2.05) is 12.4 Å². The zero-order valence-corrected chi connectivity index (χ0v) is 23.9. The van der Waals surface area contributed by atoms with Crippen LogP contribution in [0.25, 0.3) is 0 Å². The minimum absolute atomic E-state index is 0.121. The lowest BCUT2D eigenvalue weighted by Crippen LogP contribution is -2.51. The number of piperazine rings is 1. The maximum absolute atomic E-state index is 13.2. The lowest BCUT2D eigenvalue weighted by molar-refractivity contribution is -0.132. The Bertz CT molecular complexity index is 1030. The van der Waals surface area contributed by atoms with Crippen molar-refractivity contribution >= 4 is 11.6 Å². The van der Waals surface area contributed by atoms with Crippen molar-refractivity contribution in [1.29, 1.82) is 0 Å². The van der Waals surface area contributed by atoms with Gasteiger partial charge in [0.25, 0.3) is 0 Å². The van der Waals surface area contributed by atoms with E-state index in [9.17, 15) is 9.90 Å². The van der Waals surface area contributed by atoms with Gasteiger partial charge in [0, 0.05) is 50.7 Å². The van der Waals surface area contributed by atoms with Crippen molar-refractivity contribution < 1.29 is 9.90 Å². The van der Waals surface area contributed by atoms with Gasteiger partial charge < -0.3 is 14.9 Å². The molecule has 38 heavy (non-hydrogen) atoms. The van der Waals surface area contributed by atoms with Crippen LogP contribution in [0.1, 0.15) is 85.0 Å². The number of carbonyl (C=O) groups excluding carboxylic acids is 1. The van der Waals surface area contributed by atoms with Crippen LogP contribution in [0.3, 0.4) is 0 Å². The number of hydrogen-bond acceptors (Lipinski definition) is 4. The normalized spacial score (nSPS) is 39.6. The molecule has 8 atom stereocenters. The Morgan fingerprint density at radius 3 is 2.58 bits per heavy atom. The van der Waals surface area contributed by atoms with Crippen molar-refractivity contribution in [3.63, 3.8) is 0 Å². The van der Waals surface area contributed by atoms with Crippen LogP contribution in [0, 0.1) is 40.4 Å². The number of fused-ring (bicyclic) bond motifs is 5. The number of hydrogen-bond donors (Lipinski definition) is 1. The molecule has 1 aromatic heterocycles. The fourth-order valence-electron chi connectivity index (χ4n) is 10.1. The van der Waals surface area contributed by atoms with Crippen molar-refractivity contribution in [2.75, 3.05) is 31.1 Å². The molecule has 0 unspecified atom stereocenters. The standard InChI is InChI=1S/C33H49N3O2/c1-23(4-9-31(38)36-20-18-35(19-21-36)25-12-16-34-17-13-25)28-7-8-29-27-6-5-24-22-26(37)10-14-32(24,2)30(27)11-15-33(28,29)3/h5,12-13,16-17,23,26-30,37H,4,6-11,14-15,18-22H2,1-3H3/t23-,26+,27+,28-,29+,30+,32+,33-/m1/s1. The van der Waals surface area contributed by atoms with Crippen LogP contribution in [0.2, 0.25) is 0 Å². The summed E-state index contributed by atoms with van der Waals surface area (Å²) in [5.74, 6) is 4.15. The Hall–Kier alpha value is -1.88. The molecule has 0 aromatic carbocycles. The molecule has 208 valence electrons. The SMILES string of the molecule is C[C@H](CCC(=O)N1CCN(c2ccncc2)CC1)[C@H]1CC[C@H]2[C@@H]3CC=C4C[C@@H](O)CC[C@]4(C)[C@H]3CC[C@]12C. The van der Waals surface area contributed by atoms with Gasteiger partial charge in [-0.15, -0.1) is 0 Å². The molecule has 1 saturated heterocycles. The quantitative estimate of drug-likeness (QED) is 0.479. The second-order valence-electron chi connectivity index (χ2n) is 14.0. The van der Waals surface area contributed by atoms with Crippen LogP contribution in [0.4, 0.5) is 5.69 Å². The van der Waals surface area contributed by atoms with Crippen molar-refractivity contribution in [1.82, 2.24) is 9.88 Å². The monoisotopic (exact) mass is 519 g/mol. The fourth-order valence-corrected chi connectivity index (χ4v) is 10.1. The van der Waals surface area contributed by atoms with E-state index < -0.39 is 0 Å². The molecule has 3 saturated carbocycles. The van der Waals surface area contributed by atoms with Crippen LogP contribution in [0.15, 0.2) is 36.2 Å². The Labute approximate surface area is 230 Å². The van der Waals surface area contributed by atoms with Crippen LogP contribution < -0.4 is 4.90 Å². The lowest BCUT2D eigenvalue weighted by atomic mass is 9.47. The molecule has 0 radical (unpaired) electrons. The van der Waals surface area contributed by atoms with E-state index in [0.717, 1.165) is 69.1 Å². The van der Waals surface area contributed by atoms with E-state index in [0.29, 0.717) is 29.1 Å². The minimum atomic E-state index is -0.121. The number of rotatable bonds is 5. The van der Waals surface area contributed by atoms with Gasteiger partial charge in [0.05, 0.1) is 6.10 Å². The summed E-state index contributed by atoms with van der Waals surface area (Å²) < 4.78 is 0. The Balaban J connectivity index is 1.04. The highest BCUT2D eigenvalue weighted by atomic mass is 16.3. The second kappa shape index (κ2) is 10.3. The van der Waals surface area contributed by atoms with Gasteiger partial charge >= 0.3 is 0 Å². The zero-order chi connectivity index (χ0) is 26.5. The van der Waals surface area contributed by atoms with Crippen molar-refractivity contribution in [3.05, 3.63) is 36.2 Å². The molecule has 5 heteroatoms. The first-order valence-electron chi connectivity index (χ1n) is 15.6. The van der Waals surface area contributed by atoms with Crippen LogP contribution >= 0.6 is 0 Å². The Kier molecular flexibility index (Phi) is 7.12. The predicted molar refractivity (Wildman–Crippen MR) is 153 cm³/mol. The third-order valence-corrected chi connectivity index (χ3v) is 12.3. The lowest BCUT2D eigenvalue weighted by Gasteiger charge is -2.58. The summed E-state index contributed by atoms with van der Waals surface area (Å²) in [4.78, 5) is 21.8. The second-order valence-corrected chi connectivity index (χ2v) is 14.0. The maximum Gasteiger partial charge on any atom is 0.222 e. The zero-order valence-electron chi connectivity index (χ0n) is 23.9. The van der Waals surface area contributed by atoms with Crippen molar-refractivity contribution in [2.24, 2.45) is 40.4 Å². The first-order valence-corrected chi connectivity index (χ1v) is 15.6. The van der Waals surface area contributed by atoms with E-state index >= 15 is 0 Å². The summed E-state index contributed by atoms with van der Waals surface area (Å²) >= 11 is 0. The summed E-state index contributed by atoms with van der Waals surface area (Å²) in [5.41, 5.74) is 3.53. The molecular weight excluding hydrogens is 470 g/mol. The number of allylic oxidation sites excluding steroid dienone is 1. The van der Waals surface area contributed by atoms with Crippen LogP contribution in [-0.4, -0.2) is 53.2 Å². The number of anilines is 1. The summed E-state index contributed by atoms with van der Waals surface area (Å²) in [5, 5.41) is 10.3. The molecule has 1 aliphatic heterocycles. The maximum atomic E-state index is 13.2. The van der Waals surface area contributed by atoms with Crippen molar-refractivity contribution in [2.45, 2.75) is 91.1 Å². The van der Waals surface area contributed by atoms with E-state index in [4.69, 9.17) is 0 Å². The van der Waals surface area contributed by atoms with Crippen LogP contribution in [0.5, 0.6) is 0 Å². The summed E-state index contributed by atoms with van der Waals surface area (Å²) in [6.07, 6.45) is 17.6. The van der Waals surface area contributed by atoms with E-state index in [1.54, 1.807) is 5.57 Å². The topological polar surface area (TPSA) is 56.7 Å². The molecular formula is C33H49N3O2. The highest BCUT2D eigenvalue weighted by Gasteiger charge is 2.59. The molecule has 5 nitrogen and oxygen atoms in total. The molecule has 4 fully saturated rings. The number of nitrogens with zero attached hydrogens (tertiary/aromatic N) is 3. The first kappa shape index (κ1) is 26.3. The molecule has 0 spiro atoms. The molecule has 1 aromatic rings. The minimum Gasteiger partial charge on any atom is -0.393 e. The summed E-state index contributed by atoms with van der Waals surface area (Å²) in [6.45, 7) is 11.1.